The minimum Gasteiger partial charge on any atom is -0.361 e. The zero-order chi connectivity index (χ0) is 45.1. The number of carbonyl (C=O) groups excluding carboxylic acids is 4. The van der Waals surface area contributed by atoms with E-state index < -0.39 is 23.8 Å². The number of carbonyl (C=O) groups is 4. The number of aromatic amines is 1. The molecule has 0 bridgehead atoms. The predicted octanol–water partition coefficient (Wildman–Crippen LogP) is 7.11. The molecule has 1 saturated heterocycles. The number of hydrogen-bond acceptors (Lipinski definition) is 11. The van der Waals surface area contributed by atoms with Gasteiger partial charge in [0.1, 0.15) is 29.1 Å². The Bertz CT molecular complexity index is 3070. The monoisotopic (exact) mass is 874 g/mol. The van der Waals surface area contributed by atoms with Crippen LogP contribution < -0.4 is 16.0 Å². The summed E-state index contributed by atoms with van der Waals surface area (Å²) in [5, 5.41) is 19.9. The minimum atomic E-state index is -0.842. The molecule has 1 unspecified atom stereocenters. The smallest absolute Gasteiger partial charge is 0.289 e. The SMILES string of the molecule is C=C1CCC(N2C(=O)c3cccc(CCCCn4cnc(CCNC(=O)c5nc(Nc6cc(C7CC7)nn6CC)c6c(n5)[nH]c5cc(-c7c(C)noc7C)c(C)cc56)c4)c3C2=O)C(=O)N1. The van der Waals surface area contributed by atoms with E-state index >= 15 is 0 Å². The first-order valence-corrected chi connectivity index (χ1v) is 22.3. The van der Waals surface area contributed by atoms with Crippen LogP contribution in [0, 0.1) is 20.8 Å². The lowest BCUT2D eigenvalue weighted by molar-refractivity contribution is -0.125. The van der Waals surface area contributed by atoms with Crippen molar-refractivity contribution in [2.24, 2.45) is 0 Å². The maximum absolute atomic E-state index is 13.8. The fraction of sp³-hybridized carbons (Fsp3) is 0.354. The van der Waals surface area contributed by atoms with Crippen LogP contribution in [0.3, 0.4) is 0 Å². The number of H-pyrrole nitrogens is 1. The molecule has 2 aromatic carbocycles. The average Bonchev–Trinajstić information content (AvgIpc) is 3.49. The molecule has 1 atom stereocenters. The first kappa shape index (κ1) is 41.6. The van der Waals surface area contributed by atoms with Gasteiger partial charge in [-0.3, -0.25) is 24.1 Å². The summed E-state index contributed by atoms with van der Waals surface area (Å²) < 4.78 is 9.45. The average molecular weight is 875 g/mol. The number of aromatic nitrogens is 8. The Morgan fingerprint density at radius 2 is 1.83 bits per heavy atom. The van der Waals surface area contributed by atoms with Crippen LogP contribution in [0.15, 0.2) is 65.7 Å². The van der Waals surface area contributed by atoms with Crippen molar-refractivity contribution in [3.8, 4) is 11.1 Å². The van der Waals surface area contributed by atoms with Gasteiger partial charge in [-0.05, 0) is 108 Å². The summed E-state index contributed by atoms with van der Waals surface area (Å²) in [7, 11) is 0. The van der Waals surface area contributed by atoms with Crippen molar-refractivity contribution in [1.82, 2.24) is 55.0 Å². The summed E-state index contributed by atoms with van der Waals surface area (Å²) in [5.74, 6) is 0.912. The number of fused-ring (bicyclic) bond motifs is 4. The van der Waals surface area contributed by atoms with Crippen molar-refractivity contribution >= 4 is 57.2 Å². The lowest BCUT2D eigenvalue weighted by atomic mass is 9.97. The highest BCUT2D eigenvalue weighted by molar-refractivity contribution is 6.23. The molecule has 7 heterocycles. The van der Waals surface area contributed by atoms with Gasteiger partial charge in [0.2, 0.25) is 11.7 Å². The lowest BCUT2D eigenvalue weighted by Gasteiger charge is -2.29. The van der Waals surface area contributed by atoms with Gasteiger partial charge in [-0.1, -0.05) is 23.9 Å². The van der Waals surface area contributed by atoms with E-state index in [0.717, 1.165) is 97.8 Å². The van der Waals surface area contributed by atoms with Crippen LogP contribution in [0.5, 0.6) is 0 Å². The van der Waals surface area contributed by atoms with Crippen molar-refractivity contribution in [2.75, 3.05) is 11.9 Å². The summed E-state index contributed by atoms with van der Waals surface area (Å²) in [6.07, 6.45) is 9.56. The lowest BCUT2D eigenvalue weighted by Crippen LogP contribution is -2.51. The summed E-state index contributed by atoms with van der Waals surface area (Å²) in [6, 6.07) is 10.8. The van der Waals surface area contributed by atoms with E-state index in [4.69, 9.17) is 19.6 Å². The minimum absolute atomic E-state index is 0.0262. The topological polar surface area (TPSA) is 211 Å². The van der Waals surface area contributed by atoms with Gasteiger partial charge in [-0.15, -0.1) is 0 Å². The molecule has 2 aliphatic heterocycles. The zero-order valence-corrected chi connectivity index (χ0v) is 36.9. The molecular weight excluding hydrogens is 825 g/mol. The molecule has 3 aliphatic rings. The molecule has 17 nitrogen and oxygen atoms in total. The zero-order valence-electron chi connectivity index (χ0n) is 36.9. The normalized spacial score (nSPS) is 16.2. The molecule has 1 aliphatic carbocycles. The van der Waals surface area contributed by atoms with E-state index in [9.17, 15) is 19.2 Å². The number of nitrogens with zero attached hydrogens (tertiary/aromatic N) is 8. The number of amides is 4. The van der Waals surface area contributed by atoms with E-state index in [1.807, 2.05) is 35.4 Å². The molecule has 2 fully saturated rings. The molecule has 4 N–H and O–H groups in total. The molecule has 17 heteroatoms. The standard InChI is InChI=1S/C48H50N12O5/c1-6-59-38(22-35(56-59)29-14-15-29)53-43-41-34-20-25(2)33(39-27(4)57-65-28(39)5)21-36(34)52-42(41)54-44(55-43)46(62)49-18-17-31-23-58(24-50-31)19-8-7-10-30-11-9-12-32-40(30)48(64)60(47(32)63)37-16-13-26(3)51-45(37)61/h9,11-12,20-24,29,37H,3,6-8,10,13-19H2,1-2,4-5H3,(H,49,62)(H,51,61)(H2,52,53,54,55). The largest absolute Gasteiger partial charge is 0.361 e. The molecule has 1 saturated carbocycles. The van der Waals surface area contributed by atoms with Gasteiger partial charge in [-0.25, -0.2) is 19.6 Å². The van der Waals surface area contributed by atoms with Gasteiger partial charge in [0, 0.05) is 66.4 Å². The molecule has 4 amide bonds. The third-order valence-electron chi connectivity index (χ3n) is 12.8. The van der Waals surface area contributed by atoms with Crippen LogP contribution in [-0.4, -0.2) is 80.6 Å². The second-order valence-corrected chi connectivity index (χ2v) is 17.4. The van der Waals surface area contributed by atoms with Crippen LogP contribution in [0.2, 0.25) is 0 Å². The Morgan fingerprint density at radius 1 is 0.985 bits per heavy atom. The second-order valence-electron chi connectivity index (χ2n) is 17.4. The predicted molar refractivity (Wildman–Crippen MR) is 243 cm³/mol. The quantitative estimate of drug-likeness (QED) is 0.0602. The Hall–Kier alpha value is -7.43. The number of allylic oxidation sites excluding steroid dienone is 1. The number of aryl methyl sites for hydroxylation is 6. The van der Waals surface area contributed by atoms with E-state index in [2.05, 4.69) is 69.7 Å². The molecule has 5 aromatic heterocycles. The van der Waals surface area contributed by atoms with Crippen molar-refractivity contribution in [3.63, 3.8) is 0 Å². The summed E-state index contributed by atoms with van der Waals surface area (Å²) in [4.78, 5) is 72.1. The van der Waals surface area contributed by atoms with E-state index in [1.165, 1.54) is 0 Å². The number of benzene rings is 2. The highest BCUT2D eigenvalue weighted by Gasteiger charge is 2.44. The third kappa shape index (κ3) is 7.74. The first-order valence-electron chi connectivity index (χ1n) is 22.3. The number of imidazole rings is 1. The Morgan fingerprint density at radius 3 is 2.60 bits per heavy atom. The third-order valence-corrected chi connectivity index (χ3v) is 12.8. The fourth-order valence-electron chi connectivity index (χ4n) is 9.28. The number of unbranched alkanes of at least 4 members (excludes halogenated alkanes) is 1. The van der Waals surface area contributed by atoms with Gasteiger partial charge in [0.15, 0.2) is 0 Å². The first-order chi connectivity index (χ1) is 31.4. The van der Waals surface area contributed by atoms with E-state index in [0.29, 0.717) is 79.5 Å². The van der Waals surface area contributed by atoms with Gasteiger partial charge < -0.3 is 30.0 Å². The van der Waals surface area contributed by atoms with Crippen LogP contribution >= 0.6 is 0 Å². The highest BCUT2D eigenvalue weighted by atomic mass is 16.5. The van der Waals surface area contributed by atoms with Crippen LogP contribution in [0.25, 0.3) is 33.1 Å². The Balaban J connectivity index is 0.804. The number of piperidine rings is 1. The van der Waals surface area contributed by atoms with Gasteiger partial charge in [-0.2, -0.15) is 5.10 Å². The highest BCUT2D eigenvalue weighted by Crippen LogP contribution is 2.42. The van der Waals surface area contributed by atoms with Gasteiger partial charge in [0.05, 0.1) is 39.9 Å². The summed E-state index contributed by atoms with van der Waals surface area (Å²) in [5.41, 5.74) is 9.18. The van der Waals surface area contributed by atoms with Crippen LogP contribution in [0.1, 0.15) is 117 Å². The van der Waals surface area contributed by atoms with Crippen molar-refractivity contribution in [1.29, 1.82) is 0 Å². The maximum atomic E-state index is 13.8. The van der Waals surface area contributed by atoms with Crippen molar-refractivity contribution in [2.45, 2.75) is 104 Å². The number of rotatable bonds is 15. The Labute approximate surface area is 374 Å². The number of anilines is 2. The molecule has 65 heavy (non-hydrogen) atoms. The molecule has 10 rings (SSSR count). The van der Waals surface area contributed by atoms with Crippen LogP contribution in [0.4, 0.5) is 11.6 Å². The van der Waals surface area contributed by atoms with Crippen molar-refractivity contribution < 1.29 is 23.7 Å². The van der Waals surface area contributed by atoms with Gasteiger partial charge >= 0.3 is 0 Å². The van der Waals surface area contributed by atoms with E-state index in [-0.39, 0.29) is 11.7 Å². The molecule has 0 spiro atoms. The van der Waals surface area contributed by atoms with Gasteiger partial charge in [0.25, 0.3) is 17.7 Å². The second kappa shape index (κ2) is 16.6. The summed E-state index contributed by atoms with van der Waals surface area (Å²) >= 11 is 0. The molecule has 0 radical (unpaired) electrons. The number of imide groups is 1. The molecular formula is C48H50N12O5. The summed E-state index contributed by atoms with van der Waals surface area (Å²) in [6.45, 7) is 13.4. The maximum Gasteiger partial charge on any atom is 0.289 e. The Kier molecular flexibility index (Phi) is 10.6. The van der Waals surface area contributed by atoms with E-state index in [1.54, 1.807) is 18.5 Å². The molecule has 7 aromatic rings. The number of hydrogen-bond donors (Lipinski definition) is 4. The van der Waals surface area contributed by atoms with Crippen molar-refractivity contribution in [3.05, 3.63) is 112 Å². The number of nitrogens with one attached hydrogen (secondary N) is 4. The molecule has 332 valence electrons. The van der Waals surface area contributed by atoms with Crippen LogP contribution in [-0.2, 0) is 30.7 Å². The fourth-order valence-corrected chi connectivity index (χ4v) is 9.28.